The van der Waals surface area contributed by atoms with Crippen LogP contribution in [0, 0.1) is 5.41 Å². The summed E-state index contributed by atoms with van der Waals surface area (Å²) in [6, 6.07) is 10.1. The van der Waals surface area contributed by atoms with Gasteiger partial charge in [0, 0.05) is 23.7 Å². The average Bonchev–Trinajstić information content (AvgIpc) is 2.35. The molecule has 0 atom stereocenters. The topological polar surface area (TPSA) is 53.1 Å². The van der Waals surface area contributed by atoms with Crippen LogP contribution in [0.2, 0.25) is 0 Å². The van der Waals surface area contributed by atoms with Gasteiger partial charge in [0.15, 0.2) is 0 Å². The first kappa shape index (κ1) is 14.2. The molecule has 0 saturated heterocycles. The van der Waals surface area contributed by atoms with Gasteiger partial charge in [0.2, 0.25) is 0 Å². The van der Waals surface area contributed by atoms with Crippen LogP contribution in [0.3, 0.4) is 0 Å². The molecular weight excluding hydrogens is 267 g/mol. The fourth-order valence-electron chi connectivity index (χ4n) is 2.20. The highest BCUT2D eigenvalue weighted by Crippen LogP contribution is 2.30. The fourth-order valence-corrected chi connectivity index (χ4v) is 2.20. The second-order valence-electron chi connectivity index (χ2n) is 4.56. The van der Waals surface area contributed by atoms with Crippen molar-refractivity contribution in [3.8, 4) is 0 Å². The molecule has 0 aliphatic carbocycles. The molecule has 2 rings (SSSR count). The number of hydrogen-bond acceptors (Lipinski definition) is 2. The molecule has 0 heterocycles. The quantitative estimate of drug-likeness (QED) is 0.671. The smallest absolute Gasteiger partial charge is 0.384 e. The Morgan fingerprint density at radius 3 is 2.30 bits per heavy atom. The molecule has 0 fully saturated rings. The Morgan fingerprint density at radius 1 is 1.15 bits per heavy atom. The van der Waals surface area contributed by atoms with E-state index in [1.807, 2.05) is 0 Å². The van der Waals surface area contributed by atoms with Crippen LogP contribution < -0.4 is 10.6 Å². The Kier molecular flexibility index (Phi) is 3.57. The van der Waals surface area contributed by atoms with E-state index in [4.69, 9.17) is 11.1 Å². The number of nitrogen functional groups attached to an aromatic ring is 1. The molecule has 3 nitrogen and oxygen atoms in total. The van der Waals surface area contributed by atoms with Gasteiger partial charge in [-0.1, -0.05) is 24.3 Å². The molecule has 0 aromatic heterocycles. The first-order valence-corrected chi connectivity index (χ1v) is 5.93. The summed E-state index contributed by atoms with van der Waals surface area (Å²) < 4.78 is 37.5. The molecular formula is C14H14F3N3. The van der Waals surface area contributed by atoms with E-state index in [1.54, 1.807) is 36.4 Å². The molecule has 0 saturated carbocycles. The maximum absolute atomic E-state index is 12.5. The molecule has 0 unspecified atom stereocenters. The zero-order valence-corrected chi connectivity index (χ0v) is 10.8. The molecule has 6 heteroatoms. The number of nitrogens with one attached hydrogen (secondary N) is 1. The van der Waals surface area contributed by atoms with E-state index in [2.05, 4.69) is 0 Å². The standard InChI is InChI=1S/C14H14F3N3/c1-20(8-14(15,16)17)12-7-6-11(13(18)19)9-4-2-3-5-10(9)12/h2-7H,8H2,1H3,(H3,18,19). The number of hydrogen-bond donors (Lipinski definition) is 2. The number of alkyl halides is 3. The summed E-state index contributed by atoms with van der Waals surface area (Å²) >= 11 is 0. The predicted octanol–water partition coefficient (Wildman–Crippen LogP) is 3.12. The molecule has 0 radical (unpaired) electrons. The summed E-state index contributed by atoms with van der Waals surface area (Å²) in [7, 11) is 1.39. The van der Waals surface area contributed by atoms with Gasteiger partial charge >= 0.3 is 6.18 Å². The van der Waals surface area contributed by atoms with Crippen LogP contribution in [0.15, 0.2) is 36.4 Å². The lowest BCUT2D eigenvalue weighted by molar-refractivity contribution is -0.119. The Labute approximate surface area is 114 Å². The maximum atomic E-state index is 12.5. The number of nitrogens with zero attached hydrogens (tertiary/aromatic N) is 1. The van der Waals surface area contributed by atoms with Crippen LogP contribution in [-0.4, -0.2) is 25.6 Å². The molecule has 2 aromatic rings. The van der Waals surface area contributed by atoms with Gasteiger partial charge in [-0.3, -0.25) is 5.41 Å². The lowest BCUT2D eigenvalue weighted by Gasteiger charge is -2.23. The number of nitrogens with two attached hydrogens (primary N) is 1. The van der Waals surface area contributed by atoms with E-state index in [-0.39, 0.29) is 5.84 Å². The van der Waals surface area contributed by atoms with Crippen LogP contribution in [0.4, 0.5) is 18.9 Å². The van der Waals surface area contributed by atoms with Crippen molar-refractivity contribution in [3.05, 3.63) is 42.0 Å². The molecule has 3 N–H and O–H groups in total. The van der Waals surface area contributed by atoms with E-state index < -0.39 is 12.7 Å². The summed E-state index contributed by atoms with van der Waals surface area (Å²) in [6.07, 6.45) is -4.27. The van der Waals surface area contributed by atoms with Crippen molar-refractivity contribution in [2.75, 3.05) is 18.5 Å². The Balaban J connectivity index is 2.56. The van der Waals surface area contributed by atoms with E-state index in [9.17, 15) is 13.2 Å². The third-order valence-corrected chi connectivity index (χ3v) is 3.02. The van der Waals surface area contributed by atoms with E-state index in [1.165, 1.54) is 7.05 Å². The molecule has 0 spiro atoms. The Morgan fingerprint density at radius 2 is 1.75 bits per heavy atom. The van der Waals surface area contributed by atoms with Gasteiger partial charge in [0.1, 0.15) is 12.4 Å². The monoisotopic (exact) mass is 281 g/mol. The van der Waals surface area contributed by atoms with E-state index in [0.29, 0.717) is 22.0 Å². The van der Waals surface area contributed by atoms with Crippen LogP contribution in [-0.2, 0) is 0 Å². The highest BCUT2D eigenvalue weighted by molar-refractivity contribution is 6.10. The summed E-state index contributed by atoms with van der Waals surface area (Å²) in [5.41, 5.74) is 6.48. The van der Waals surface area contributed by atoms with Crippen molar-refractivity contribution >= 4 is 22.3 Å². The zero-order valence-electron chi connectivity index (χ0n) is 10.8. The van der Waals surface area contributed by atoms with Gasteiger partial charge in [-0.25, -0.2) is 0 Å². The van der Waals surface area contributed by atoms with Crippen molar-refractivity contribution in [2.45, 2.75) is 6.18 Å². The molecule has 0 aliphatic heterocycles. The number of benzene rings is 2. The largest absolute Gasteiger partial charge is 0.405 e. The average molecular weight is 281 g/mol. The second-order valence-corrected chi connectivity index (χ2v) is 4.56. The molecule has 20 heavy (non-hydrogen) atoms. The lowest BCUT2D eigenvalue weighted by atomic mass is 10.0. The highest BCUT2D eigenvalue weighted by Gasteiger charge is 2.30. The molecule has 106 valence electrons. The van der Waals surface area contributed by atoms with Crippen LogP contribution in [0.1, 0.15) is 5.56 Å². The normalized spacial score (nSPS) is 11.6. The minimum absolute atomic E-state index is 0.105. The van der Waals surface area contributed by atoms with Crippen molar-refractivity contribution in [2.24, 2.45) is 5.73 Å². The first-order chi connectivity index (χ1) is 9.29. The van der Waals surface area contributed by atoms with Crippen LogP contribution >= 0.6 is 0 Å². The summed E-state index contributed by atoms with van der Waals surface area (Å²) in [4.78, 5) is 1.15. The zero-order chi connectivity index (χ0) is 14.9. The summed E-state index contributed by atoms with van der Waals surface area (Å²) in [5.74, 6) is -0.105. The summed E-state index contributed by atoms with van der Waals surface area (Å²) in [5, 5.41) is 8.84. The maximum Gasteiger partial charge on any atom is 0.405 e. The van der Waals surface area contributed by atoms with Crippen molar-refractivity contribution < 1.29 is 13.2 Å². The fraction of sp³-hybridized carbons (Fsp3) is 0.214. The number of halogens is 3. The molecule has 2 aromatic carbocycles. The summed E-state index contributed by atoms with van der Waals surface area (Å²) in [6.45, 7) is -1.03. The Hall–Kier alpha value is -2.24. The van der Waals surface area contributed by atoms with Crippen molar-refractivity contribution in [1.82, 2.24) is 0 Å². The van der Waals surface area contributed by atoms with Crippen molar-refractivity contribution in [1.29, 1.82) is 5.41 Å². The van der Waals surface area contributed by atoms with Gasteiger partial charge in [-0.2, -0.15) is 13.2 Å². The Bertz CT molecular complexity index is 650. The van der Waals surface area contributed by atoms with Crippen molar-refractivity contribution in [3.63, 3.8) is 0 Å². The molecule has 0 amide bonds. The SMILES string of the molecule is CN(CC(F)(F)F)c1ccc(C(=N)N)c2ccccc12. The lowest BCUT2D eigenvalue weighted by Crippen LogP contribution is -2.31. The van der Waals surface area contributed by atoms with Gasteiger partial charge in [0.25, 0.3) is 0 Å². The minimum Gasteiger partial charge on any atom is -0.384 e. The third-order valence-electron chi connectivity index (χ3n) is 3.02. The highest BCUT2D eigenvalue weighted by atomic mass is 19.4. The van der Waals surface area contributed by atoms with Gasteiger partial charge in [-0.15, -0.1) is 0 Å². The number of fused-ring (bicyclic) bond motifs is 1. The number of amidine groups is 1. The number of anilines is 1. The van der Waals surface area contributed by atoms with E-state index in [0.717, 1.165) is 4.90 Å². The van der Waals surface area contributed by atoms with Crippen LogP contribution in [0.25, 0.3) is 10.8 Å². The van der Waals surface area contributed by atoms with Crippen LogP contribution in [0.5, 0.6) is 0 Å². The second kappa shape index (κ2) is 5.03. The predicted molar refractivity (Wildman–Crippen MR) is 74.3 cm³/mol. The molecule has 0 bridgehead atoms. The van der Waals surface area contributed by atoms with Gasteiger partial charge < -0.3 is 10.6 Å². The third kappa shape index (κ3) is 2.84. The molecule has 0 aliphatic rings. The number of rotatable bonds is 3. The minimum atomic E-state index is -4.27. The van der Waals surface area contributed by atoms with Gasteiger partial charge in [0.05, 0.1) is 0 Å². The van der Waals surface area contributed by atoms with Gasteiger partial charge in [-0.05, 0) is 17.5 Å². The van der Waals surface area contributed by atoms with E-state index >= 15 is 0 Å². The first-order valence-electron chi connectivity index (χ1n) is 5.93.